The predicted molar refractivity (Wildman–Crippen MR) is 72.0 cm³/mol. The molecule has 0 amide bonds. The number of hydrogen-bond donors (Lipinski definition) is 0. The molecular weight excluding hydrogens is 278 g/mol. The number of sulfonamides is 1. The van der Waals surface area contributed by atoms with Crippen LogP contribution in [0.4, 0.5) is 0 Å². The van der Waals surface area contributed by atoms with Crippen molar-refractivity contribution < 1.29 is 8.42 Å². The molecule has 6 heteroatoms. The number of hydrogen-bond acceptors (Lipinski definition) is 3. The van der Waals surface area contributed by atoms with Crippen LogP contribution in [0.1, 0.15) is 12.5 Å². The zero-order valence-electron chi connectivity index (χ0n) is 9.68. The maximum absolute atomic E-state index is 12.4. The van der Waals surface area contributed by atoms with Crippen LogP contribution in [0.2, 0.25) is 5.02 Å². The van der Waals surface area contributed by atoms with E-state index in [1.807, 2.05) is 13.8 Å². The van der Waals surface area contributed by atoms with Gasteiger partial charge in [0.25, 0.3) is 0 Å². The van der Waals surface area contributed by atoms with Crippen molar-refractivity contribution in [2.75, 3.05) is 12.3 Å². The second kappa shape index (κ2) is 4.80. The average molecular weight is 292 g/mol. The third-order valence-electron chi connectivity index (χ3n) is 2.83. The van der Waals surface area contributed by atoms with Crippen molar-refractivity contribution in [1.29, 1.82) is 0 Å². The second-order valence-electron chi connectivity index (χ2n) is 4.00. The molecular formula is C11H14ClNO2S2. The third-order valence-corrected chi connectivity index (χ3v) is 6.49. The normalized spacial score (nSPS) is 21.9. The van der Waals surface area contributed by atoms with Gasteiger partial charge in [-0.3, -0.25) is 0 Å². The van der Waals surface area contributed by atoms with Gasteiger partial charge in [-0.1, -0.05) is 17.7 Å². The van der Waals surface area contributed by atoms with E-state index in [1.165, 1.54) is 10.4 Å². The van der Waals surface area contributed by atoms with Crippen LogP contribution < -0.4 is 0 Å². The first-order valence-electron chi connectivity index (χ1n) is 5.32. The molecule has 1 aliphatic rings. The molecule has 3 nitrogen and oxygen atoms in total. The first kappa shape index (κ1) is 13.2. The van der Waals surface area contributed by atoms with Crippen molar-refractivity contribution in [3.8, 4) is 0 Å². The van der Waals surface area contributed by atoms with E-state index in [0.29, 0.717) is 11.6 Å². The van der Waals surface area contributed by atoms with Gasteiger partial charge in [0, 0.05) is 17.3 Å². The molecule has 0 saturated carbocycles. The minimum Gasteiger partial charge on any atom is -0.207 e. The highest BCUT2D eigenvalue weighted by Crippen LogP contribution is 2.30. The topological polar surface area (TPSA) is 37.4 Å². The highest BCUT2D eigenvalue weighted by Gasteiger charge is 2.33. The van der Waals surface area contributed by atoms with Crippen molar-refractivity contribution in [2.24, 2.45) is 0 Å². The molecule has 2 rings (SSSR count). The van der Waals surface area contributed by atoms with Gasteiger partial charge in [-0.2, -0.15) is 4.31 Å². The fraction of sp³-hybridized carbons (Fsp3) is 0.455. The second-order valence-corrected chi connectivity index (χ2v) is 7.72. The Morgan fingerprint density at radius 3 is 2.71 bits per heavy atom. The molecule has 0 aliphatic carbocycles. The first-order chi connectivity index (χ1) is 7.93. The van der Waals surface area contributed by atoms with Gasteiger partial charge in [-0.25, -0.2) is 8.42 Å². The Balaban J connectivity index is 2.41. The lowest BCUT2D eigenvalue weighted by atomic mass is 10.2. The molecule has 1 aromatic carbocycles. The van der Waals surface area contributed by atoms with Gasteiger partial charge < -0.3 is 0 Å². The number of nitrogens with zero attached hydrogens (tertiary/aromatic N) is 1. The standard InChI is InChI=1S/C11H14ClNO2S2/c1-8-3-4-10(7-11(8)12)17(14,15)13-5-6-16-9(13)2/h3-4,7,9H,5-6H2,1-2H3. The van der Waals surface area contributed by atoms with E-state index in [4.69, 9.17) is 11.6 Å². The van der Waals surface area contributed by atoms with E-state index in [-0.39, 0.29) is 10.3 Å². The summed E-state index contributed by atoms with van der Waals surface area (Å²) in [7, 11) is -3.40. The van der Waals surface area contributed by atoms with Crippen LogP contribution in [0, 0.1) is 6.92 Å². The molecule has 1 unspecified atom stereocenters. The molecule has 1 aromatic rings. The lowest BCUT2D eigenvalue weighted by molar-refractivity contribution is 0.442. The maximum atomic E-state index is 12.4. The molecule has 0 spiro atoms. The number of aryl methyl sites for hydroxylation is 1. The van der Waals surface area contributed by atoms with Crippen molar-refractivity contribution in [1.82, 2.24) is 4.31 Å². The van der Waals surface area contributed by atoms with E-state index >= 15 is 0 Å². The minimum absolute atomic E-state index is 0.0000728. The van der Waals surface area contributed by atoms with Gasteiger partial charge in [0.15, 0.2) is 0 Å². The molecule has 1 saturated heterocycles. The molecule has 0 bridgehead atoms. The molecule has 1 heterocycles. The number of thioether (sulfide) groups is 1. The minimum atomic E-state index is -3.40. The van der Waals surface area contributed by atoms with Crippen LogP contribution in [0.3, 0.4) is 0 Å². The largest absolute Gasteiger partial charge is 0.244 e. The fourth-order valence-electron chi connectivity index (χ4n) is 1.76. The van der Waals surface area contributed by atoms with E-state index in [1.54, 1.807) is 23.9 Å². The quantitative estimate of drug-likeness (QED) is 0.841. The molecule has 0 aromatic heterocycles. The van der Waals surface area contributed by atoms with Gasteiger partial charge >= 0.3 is 0 Å². The molecule has 94 valence electrons. The lowest BCUT2D eigenvalue weighted by Crippen LogP contribution is -2.33. The van der Waals surface area contributed by atoms with Crippen molar-refractivity contribution in [3.63, 3.8) is 0 Å². The number of benzene rings is 1. The van der Waals surface area contributed by atoms with Gasteiger partial charge in [0.1, 0.15) is 0 Å². The Morgan fingerprint density at radius 2 is 2.18 bits per heavy atom. The van der Waals surface area contributed by atoms with Crippen LogP contribution in [0.5, 0.6) is 0 Å². The molecule has 1 atom stereocenters. The zero-order chi connectivity index (χ0) is 12.6. The monoisotopic (exact) mass is 291 g/mol. The molecule has 0 radical (unpaired) electrons. The smallest absolute Gasteiger partial charge is 0.207 e. The Labute approximate surface area is 111 Å². The Hall–Kier alpha value is -0.230. The number of rotatable bonds is 2. The van der Waals surface area contributed by atoms with E-state index in [0.717, 1.165) is 11.3 Å². The molecule has 1 fully saturated rings. The highest BCUT2D eigenvalue weighted by atomic mass is 35.5. The number of halogens is 1. The Bertz CT molecular complexity index is 530. The van der Waals surface area contributed by atoms with Gasteiger partial charge in [0.05, 0.1) is 10.3 Å². The van der Waals surface area contributed by atoms with E-state index < -0.39 is 10.0 Å². The summed E-state index contributed by atoms with van der Waals surface area (Å²) in [5.74, 6) is 0.847. The Morgan fingerprint density at radius 1 is 1.47 bits per heavy atom. The summed E-state index contributed by atoms with van der Waals surface area (Å²) >= 11 is 7.62. The van der Waals surface area contributed by atoms with Crippen LogP contribution in [0.15, 0.2) is 23.1 Å². The SMILES string of the molecule is Cc1ccc(S(=O)(=O)N2CCSC2C)cc1Cl. The van der Waals surface area contributed by atoms with Crippen molar-refractivity contribution in [3.05, 3.63) is 28.8 Å². The summed E-state index contributed by atoms with van der Waals surface area (Å²) < 4.78 is 26.3. The Kier molecular flexibility index (Phi) is 3.73. The highest BCUT2D eigenvalue weighted by molar-refractivity contribution is 8.01. The van der Waals surface area contributed by atoms with Crippen LogP contribution in [-0.4, -0.2) is 30.4 Å². The molecule has 1 aliphatic heterocycles. The predicted octanol–water partition coefficient (Wildman–Crippen LogP) is 2.73. The average Bonchev–Trinajstić information content (AvgIpc) is 2.69. The van der Waals surface area contributed by atoms with Gasteiger partial charge in [0.2, 0.25) is 10.0 Å². The lowest BCUT2D eigenvalue weighted by Gasteiger charge is -2.20. The van der Waals surface area contributed by atoms with Crippen LogP contribution in [0.25, 0.3) is 0 Å². The summed E-state index contributed by atoms with van der Waals surface area (Å²) in [4.78, 5) is 0.280. The van der Waals surface area contributed by atoms with Crippen LogP contribution in [-0.2, 0) is 10.0 Å². The van der Waals surface area contributed by atoms with Crippen LogP contribution >= 0.6 is 23.4 Å². The fourth-order valence-corrected chi connectivity index (χ4v) is 5.06. The molecule has 17 heavy (non-hydrogen) atoms. The summed E-state index contributed by atoms with van der Waals surface area (Å²) in [5, 5.41) is 0.491. The summed E-state index contributed by atoms with van der Waals surface area (Å²) in [6.07, 6.45) is 0. The van der Waals surface area contributed by atoms with Gasteiger partial charge in [-0.15, -0.1) is 11.8 Å². The van der Waals surface area contributed by atoms with E-state index in [9.17, 15) is 8.42 Å². The maximum Gasteiger partial charge on any atom is 0.244 e. The summed E-state index contributed by atoms with van der Waals surface area (Å²) in [6, 6.07) is 4.89. The van der Waals surface area contributed by atoms with Crippen molar-refractivity contribution >= 4 is 33.4 Å². The zero-order valence-corrected chi connectivity index (χ0v) is 12.1. The summed E-state index contributed by atoms with van der Waals surface area (Å²) in [5.41, 5.74) is 0.884. The third kappa shape index (κ3) is 2.47. The molecule has 0 N–H and O–H groups in total. The summed E-state index contributed by atoms with van der Waals surface area (Å²) in [6.45, 7) is 4.33. The van der Waals surface area contributed by atoms with E-state index in [2.05, 4.69) is 0 Å². The van der Waals surface area contributed by atoms with Crippen molar-refractivity contribution in [2.45, 2.75) is 24.1 Å². The van der Waals surface area contributed by atoms with Gasteiger partial charge in [-0.05, 0) is 31.5 Å². The first-order valence-corrected chi connectivity index (χ1v) is 8.19.